The first-order valence-electron chi connectivity index (χ1n) is 11.9. The van der Waals surface area contributed by atoms with E-state index < -0.39 is 11.2 Å². The Morgan fingerprint density at radius 1 is 1.14 bits per heavy atom. The normalized spacial score (nSPS) is 13.1. The molecule has 35 heavy (non-hydrogen) atoms. The fraction of sp³-hybridized carbons (Fsp3) is 0.462. The zero-order valence-corrected chi connectivity index (χ0v) is 22.4. The van der Waals surface area contributed by atoms with Crippen molar-refractivity contribution in [1.29, 1.82) is 0 Å². The van der Waals surface area contributed by atoms with Gasteiger partial charge in [0, 0.05) is 5.69 Å². The van der Waals surface area contributed by atoms with Gasteiger partial charge in [0.1, 0.15) is 0 Å². The number of Topliss-reactive ketones (excluding diaryl/α,β-unsaturated/α-hetero) is 1. The monoisotopic (exact) mass is 497 g/mol. The maximum absolute atomic E-state index is 13.4. The van der Waals surface area contributed by atoms with Crippen LogP contribution < -0.4 is 0 Å². The minimum absolute atomic E-state index is 0.0957. The Hall–Kier alpha value is -2.91. The number of H-pyrrole nitrogens is 1. The van der Waals surface area contributed by atoms with Gasteiger partial charge in [-0.1, -0.05) is 49.0 Å². The average Bonchev–Trinajstić information content (AvgIpc) is 3.34. The second-order valence-electron chi connectivity index (χ2n) is 8.77. The quantitative estimate of drug-likeness (QED) is 0.230. The van der Waals surface area contributed by atoms with E-state index in [1.54, 1.807) is 20.8 Å². The molecule has 2 aromatic heterocycles. The zero-order valence-electron chi connectivity index (χ0n) is 21.6. The first kappa shape index (κ1) is 26.7. The highest BCUT2D eigenvalue weighted by atomic mass is 32.2. The van der Waals surface area contributed by atoms with Crippen molar-refractivity contribution in [2.75, 3.05) is 20.7 Å². The van der Waals surface area contributed by atoms with Crippen LogP contribution in [0.5, 0.6) is 0 Å². The number of benzene rings is 1. The van der Waals surface area contributed by atoms with E-state index in [2.05, 4.69) is 43.7 Å². The Balaban J connectivity index is 1.92. The number of nitrogens with zero attached hydrogens (tertiary/aromatic N) is 4. The van der Waals surface area contributed by atoms with Crippen molar-refractivity contribution in [3.05, 3.63) is 64.2 Å². The summed E-state index contributed by atoms with van der Waals surface area (Å²) < 4.78 is 7.27. The first-order valence-corrected chi connectivity index (χ1v) is 12.8. The number of hydrogen-bond acceptors (Lipinski definition) is 7. The number of nitrogens with one attached hydrogen (secondary N) is 1. The summed E-state index contributed by atoms with van der Waals surface area (Å²) in [5, 5.41) is 9.28. The van der Waals surface area contributed by atoms with Crippen molar-refractivity contribution in [2.24, 2.45) is 0 Å². The maximum Gasteiger partial charge on any atom is 0.340 e. The second-order valence-corrected chi connectivity index (χ2v) is 10.1. The minimum Gasteiger partial charge on any atom is -0.462 e. The van der Waals surface area contributed by atoms with Gasteiger partial charge in [-0.05, 0) is 59.3 Å². The van der Waals surface area contributed by atoms with Crippen molar-refractivity contribution < 1.29 is 14.3 Å². The van der Waals surface area contributed by atoms with Crippen molar-refractivity contribution in [2.45, 2.75) is 64.0 Å². The largest absolute Gasteiger partial charge is 0.462 e. The van der Waals surface area contributed by atoms with E-state index in [-0.39, 0.29) is 18.4 Å². The molecule has 0 spiro atoms. The average molecular weight is 498 g/mol. The van der Waals surface area contributed by atoms with Gasteiger partial charge in [-0.3, -0.25) is 9.69 Å². The number of carbonyl (C=O) groups is 2. The van der Waals surface area contributed by atoms with Gasteiger partial charge in [0.2, 0.25) is 0 Å². The number of aryl methyl sites for hydroxylation is 1. The minimum atomic E-state index is -0.437. The Morgan fingerprint density at radius 2 is 1.83 bits per heavy atom. The van der Waals surface area contributed by atoms with E-state index in [1.807, 2.05) is 39.2 Å². The third kappa shape index (κ3) is 5.85. The lowest BCUT2D eigenvalue weighted by Crippen LogP contribution is -2.24. The number of aromatic amines is 1. The molecule has 2 unspecified atom stereocenters. The lowest BCUT2D eigenvalue weighted by atomic mass is 10.1. The van der Waals surface area contributed by atoms with Crippen LogP contribution in [0.1, 0.15) is 76.7 Å². The van der Waals surface area contributed by atoms with Crippen molar-refractivity contribution in [3.63, 3.8) is 0 Å². The topological polar surface area (TPSA) is 93.1 Å². The molecule has 0 bridgehead atoms. The van der Waals surface area contributed by atoms with Crippen LogP contribution in [0.15, 0.2) is 35.5 Å². The molecule has 0 aliphatic rings. The molecule has 188 valence electrons. The molecule has 1 aromatic carbocycles. The highest BCUT2D eigenvalue weighted by Crippen LogP contribution is 2.31. The molecule has 3 rings (SSSR count). The summed E-state index contributed by atoms with van der Waals surface area (Å²) in [6.45, 7) is 10.2. The standard InChI is InChI=1S/C26H35N5O3S/c1-8-20(30(6)7)24-28-29-26(31(24)15-19-13-11-10-12-14-19)35-18(5)23(32)22-16(3)21(17(4)27-22)25(33)34-9-2/h10-14,18,20,27H,8-9,15H2,1-7H3. The van der Waals surface area contributed by atoms with Gasteiger partial charge >= 0.3 is 5.97 Å². The second kappa shape index (κ2) is 11.7. The maximum atomic E-state index is 13.4. The molecular formula is C26H35N5O3S. The van der Waals surface area contributed by atoms with E-state index >= 15 is 0 Å². The van der Waals surface area contributed by atoms with E-state index in [0.29, 0.717) is 34.2 Å². The van der Waals surface area contributed by atoms with E-state index in [9.17, 15) is 9.59 Å². The number of rotatable bonds is 11. The van der Waals surface area contributed by atoms with Crippen molar-refractivity contribution in [3.8, 4) is 0 Å². The van der Waals surface area contributed by atoms with Crippen LogP contribution in [-0.4, -0.2) is 62.4 Å². The van der Waals surface area contributed by atoms with Crippen LogP contribution in [0.3, 0.4) is 0 Å². The zero-order chi connectivity index (χ0) is 25.7. The molecular weight excluding hydrogens is 462 g/mol. The van der Waals surface area contributed by atoms with Gasteiger partial charge in [0.25, 0.3) is 0 Å². The third-order valence-corrected chi connectivity index (χ3v) is 7.13. The van der Waals surface area contributed by atoms with Gasteiger partial charge in [-0.2, -0.15) is 0 Å². The molecule has 2 heterocycles. The number of hydrogen-bond donors (Lipinski definition) is 1. The van der Waals surface area contributed by atoms with Gasteiger partial charge in [-0.25, -0.2) is 4.79 Å². The van der Waals surface area contributed by atoms with Crippen LogP contribution >= 0.6 is 11.8 Å². The smallest absolute Gasteiger partial charge is 0.340 e. The predicted molar refractivity (Wildman–Crippen MR) is 138 cm³/mol. The molecule has 9 heteroatoms. The van der Waals surface area contributed by atoms with Crippen LogP contribution in [0.4, 0.5) is 0 Å². The molecule has 0 radical (unpaired) electrons. The lowest BCUT2D eigenvalue weighted by molar-refractivity contribution is 0.0525. The first-order chi connectivity index (χ1) is 16.7. The molecule has 0 aliphatic carbocycles. The van der Waals surface area contributed by atoms with Crippen LogP contribution in [0.2, 0.25) is 0 Å². The van der Waals surface area contributed by atoms with Gasteiger partial charge < -0.3 is 14.3 Å². The van der Waals surface area contributed by atoms with Gasteiger partial charge in [0.15, 0.2) is 16.8 Å². The molecule has 3 aromatic rings. The highest BCUT2D eigenvalue weighted by molar-refractivity contribution is 8.00. The molecule has 0 aliphatic heterocycles. The van der Waals surface area contributed by atoms with Crippen molar-refractivity contribution >= 4 is 23.5 Å². The van der Waals surface area contributed by atoms with Gasteiger partial charge in [-0.15, -0.1) is 10.2 Å². The summed E-state index contributed by atoms with van der Waals surface area (Å²) in [5.74, 6) is 0.362. The summed E-state index contributed by atoms with van der Waals surface area (Å²) in [5.41, 5.74) is 3.24. The van der Waals surface area contributed by atoms with Crippen molar-refractivity contribution in [1.82, 2.24) is 24.6 Å². The summed E-state index contributed by atoms with van der Waals surface area (Å²) in [6.07, 6.45) is 0.886. The molecule has 0 amide bonds. The number of esters is 1. The molecule has 0 fully saturated rings. The molecule has 0 saturated heterocycles. The molecule has 2 atom stereocenters. The van der Waals surface area contributed by atoms with Crippen LogP contribution in [0.25, 0.3) is 0 Å². The predicted octanol–water partition coefficient (Wildman–Crippen LogP) is 4.82. The Morgan fingerprint density at radius 3 is 2.43 bits per heavy atom. The fourth-order valence-corrected chi connectivity index (χ4v) is 5.16. The fourth-order valence-electron chi connectivity index (χ4n) is 4.25. The number of ketones is 1. The van der Waals surface area contributed by atoms with Crippen LogP contribution in [0, 0.1) is 13.8 Å². The van der Waals surface area contributed by atoms with E-state index in [4.69, 9.17) is 4.74 Å². The SMILES string of the molecule is CCOC(=O)c1c(C)[nH]c(C(=O)C(C)Sc2nnc(C(CC)N(C)C)n2Cc2ccccc2)c1C. The Bertz CT molecular complexity index is 1170. The lowest BCUT2D eigenvalue weighted by Gasteiger charge is -2.23. The number of carbonyl (C=O) groups excluding carboxylic acids is 2. The third-order valence-electron chi connectivity index (χ3n) is 6.05. The van der Waals surface area contributed by atoms with Gasteiger partial charge in [0.05, 0.1) is 35.7 Å². The van der Waals surface area contributed by atoms with E-state index in [0.717, 1.165) is 17.8 Å². The number of aromatic nitrogens is 4. The molecule has 0 saturated carbocycles. The number of thioether (sulfide) groups is 1. The number of ether oxygens (including phenoxy) is 1. The summed E-state index contributed by atoms with van der Waals surface area (Å²) in [6, 6.07) is 10.3. The summed E-state index contributed by atoms with van der Waals surface area (Å²) in [4.78, 5) is 31.0. The molecule has 1 N–H and O–H groups in total. The van der Waals surface area contributed by atoms with E-state index in [1.165, 1.54) is 11.8 Å². The Kier molecular flexibility index (Phi) is 8.91. The highest BCUT2D eigenvalue weighted by Gasteiger charge is 2.29. The summed E-state index contributed by atoms with van der Waals surface area (Å²) in [7, 11) is 4.07. The molecule has 8 nitrogen and oxygen atoms in total. The van der Waals surface area contributed by atoms with Crippen LogP contribution in [-0.2, 0) is 11.3 Å². The summed E-state index contributed by atoms with van der Waals surface area (Å²) >= 11 is 1.38. The Labute approximate surface area is 211 Å².